The molecule has 0 aromatic rings. The molecule has 0 saturated carbocycles. The molecule has 3 heteroatoms. The van der Waals surface area contributed by atoms with E-state index in [9.17, 15) is 4.79 Å². The van der Waals surface area contributed by atoms with E-state index < -0.39 is 0 Å². The predicted molar refractivity (Wildman–Crippen MR) is 101 cm³/mol. The van der Waals surface area contributed by atoms with Crippen LogP contribution in [0, 0.1) is 0 Å². The summed E-state index contributed by atoms with van der Waals surface area (Å²) in [5.74, 6) is 0.197. The van der Waals surface area contributed by atoms with Gasteiger partial charge in [0.05, 0.1) is 13.0 Å². The molecule has 0 fully saturated rings. The van der Waals surface area contributed by atoms with E-state index >= 15 is 0 Å². The fourth-order valence-electron chi connectivity index (χ4n) is 2.81. The summed E-state index contributed by atoms with van der Waals surface area (Å²) in [5.41, 5.74) is 0. The minimum absolute atomic E-state index is 0.162. The van der Waals surface area contributed by atoms with Crippen LogP contribution < -0.4 is 0 Å². The largest absolute Gasteiger partial charge is 0.466 e. The Labute approximate surface area is 149 Å². The second-order valence-corrected chi connectivity index (χ2v) is 6.99. The van der Waals surface area contributed by atoms with Crippen LogP contribution in [0.4, 0.5) is 0 Å². The molecule has 0 spiro atoms. The molecule has 0 aliphatic carbocycles. The third-order valence-corrected chi connectivity index (χ3v) is 4.50. The molecule has 0 bridgehead atoms. The Morgan fingerprint density at radius 1 is 0.696 bits per heavy atom. The van der Waals surface area contributed by atoms with E-state index in [1.54, 1.807) is 0 Å². The number of unbranched alkanes of at least 4 members (excludes halogenated alkanes) is 14. The van der Waals surface area contributed by atoms with E-state index in [1.165, 1.54) is 89.9 Å². The fourth-order valence-corrected chi connectivity index (χ4v) is 2.96. The summed E-state index contributed by atoms with van der Waals surface area (Å²) in [6.45, 7) is 2.84. The van der Waals surface area contributed by atoms with Crippen LogP contribution in [-0.4, -0.2) is 18.5 Å². The first-order valence-corrected chi connectivity index (χ1v) is 10.6. The third kappa shape index (κ3) is 19.7. The Balaban J connectivity index is 3.01. The average molecular weight is 347 g/mol. The summed E-state index contributed by atoms with van der Waals surface area (Å²) in [4.78, 5) is 11.1. The molecule has 0 heterocycles. The summed E-state index contributed by atoms with van der Waals surface area (Å²) >= 11 is 5.47. The Hall–Kier alpha value is -0.240. The first-order valence-electron chi connectivity index (χ1n) is 10.0. The van der Waals surface area contributed by atoms with Gasteiger partial charge in [-0.3, -0.25) is 4.79 Å². The highest BCUT2D eigenvalue weighted by Gasteiger charge is 2.00. The zero-order chi connectivity index (χ0) is 17.0. The molecule has 0 N–H and O–H groups in total. The van der Waals surface area contributed by atoms with E-state index in [0.717, 1.165) is 6.42 Å². The minimum atomic E-state index is -0.162. The van der Waals surface area contributed by atoms with Gasteiger partial charge in [0.25, 0.3) is 0 Å². The number of carbonyl (C=O) groups excluding carboxylic acids is 1. The quantitative estimate of drug-likeness (QED) is 0.151. The van der Waals surface area contributed by atoms with Crippen LogP contribution in [0.15, 0.2) is 0 Å². The molecule has 2 nitrogen and oxygen atoms in total. The fraction of sp³-hybridized carbons (Fsp3) is 0.950. The van der Waals surface area contributed by atoms with E-state index in [0.29, 0.717) is 18.9 Å². The summed E-state index contributed by atoms with van der Waals surface area (Å²) in [7, 11) is 0. The van der Waals surface area contributed by atoms with Crippen molar-refractivity contribution in [3.8, 4) is 0 Å². The molecular weight excluding hydrogens is 308 g/mol. The van der Waals surface area contributed by atoms with Gasteiger partial charge in [-0.15, -0.1) is 11.6 Å². The van der Waals surface area contributed by atoms with Crippen molar-refractivity contribution in [1.29, 1.82) is 0 Å². The number of alkyl halides is 1. The van der Waals surface area contributed by atoms with Gasteiger partial charge in [-0.25, -0.2) is 0 Å². The van der Waals surface area contributed by atoms with E-state index in [-0.39, 0.29) is 5.97 Å². The van der Waals surface area contributed by atoms with Gasteiger partial charge >= 0.3 is 5.97 Å². The summed E-state index contributed by atoms with van der Waals surface area (Å²) in [6, 6.07) is 0. The molecule has 23 heavy (non-hydrogen) atoms. The van der Waals surface area contributed by atoms with Crippen LogP contribution in [-0.2, 0) is 9.53 Å². The smallest absolute Gasteiger partial charge is 0.306 e. The van der Waals surface area contributed by atoms with Crippen molar-refractivity contribution >= 4 is 17.6 Å². The molecule has 0 saturated heterocycles. The lowest BCUT2D eigenvalue weighted by Crippen LogP contribution is -2.06. The first kappa shape index (κ1) is 22.8. The van der Waals surface area contributed by atoms with Crippen molar-refractivity contribution in [3.05, 3.63) is 0 Å². The standard InChI is InChI=1S/C20H39ClO2/c1-2-3-4-5-6-7-8-9-10-11-12-13-14-15-16-19-23-20(22)17-18-21/h2-19H2,1H3. The Kier molecular flexibility index (Phi) is 19.6. The molecule has 0 aromatic carbocycles. The summed E-state index contributed by atoms with van der Waals surface area (Å²) in [6.07, 6.45) is 20.6. The predicted octanol–water partition coefficient (Wildman–Crippen LogP) is 7.03. The second-order valence-electron chi connectivity index (χ2n) is 6.61. The van der Waals surface area contributed by atoms with Gasteiger partial charge in [0, 0.05) is 5.88 Å². The maximum absolute atomic E-state index is 11.1. The maximum Gasteiger partial charge on any atom is 0.306 e. The van der Waals surface area contributed by atoms with Gasteiger partial charge < -0.3 is 4.74 Å². The summed E-state index contributed by atoms with van der Waals surface area (Å²) in [5, 5.41) is 0. The van der Waals surface area contributed by atoms with Crippen LogP contribution in [0.2, 0.25) is 0 Å². The van der Waals surface area contributed by atoms with Gasteiger partial charge in [-0.05, 0) is 6.42 Å². The van der Waals surface area contributed by atoms with Crippen LogP contribution in [0.1, 0.15) is 110 Å². The van der Waals surface area contributed by atoms with E-state index in [1.807, 2.05) is 0 Å². The zero-order valence-electron chi connectivity index (χ0n) is 15.4. The zero-order valence-corrected chi connectivity index (χ0v) is 16.2. The molecule has 0 atom stereocenters. The molecular formula is C20H39ClO2. The van der Waals surface area contributed by atoms with Gasteiger partial charge in [0.2, 0.25) is 0 Å². The topological polar surface area (TPSA) is 26.3 Å². The monoisotopic (exact) mass is 346 g/mol. The van der Waals surface area contributed by atoms with Crippen molar-refractivity contribution in [1.82, 2.24) is 0 Å². The van der Waals surface area contributed by atoms with E-state index in [4.69, 9.17) is 16.3 Å². The van der Waals surface area contributed by atoms with Gasteiger partial charge in [-0.2, -0.15) is 0 Å². The first-order chi connectivity index (χ1) is 11.3. The maximum atomic E-state index is 11.1. The highest BCUT2D eigenvalue weighted by Crippen LogP contribution is 2.13. The number of hydrogen-bond acceptors (Lipinski definition) is 2. The Morgan fingerprint density at radius 2 is 1.09 bits per heavy atom. The Morgan fingerprint density at radius 3 is 1.48 bits per heavy atom. The van der Waals surface area contributed by atoms with Crippen LogP contribution in [0.5, 0.6) is 0 Å². The highest BCUT2D eigenvalue weighted by molar-refractivity contribution is 6.18. The number of esters is 1. The lowest BCUT2D eigenvalue weighted by molar-refractivity contribution is -0.143. The van der Waals surface area contributed by atoms with Crippen molar-refractivity contribution in [2.24, 2.45) is 0 Å². The number of carbonyl (C=O) groups is 1. The van der Waals surface area contributed by atoms with Crippen LogP contribution >= 0.6 is 11.6 Å². The van der Waals surface area contributed by atoms with Gasteiger partial charge in [0.1, 0.15) is 0 Å². The number of ether oxygens (including phenoxy) is 1. The molecule has 0 aromatic heterocycles. The number of rotatable bonds is 18. The van der Waals surface area contributed by atoms with Crippen LogP contribution in [0.3, 0.4) is 0 Å². The molecule has 0 unspecified atom stereocenters. The SMILES string of the molecule is CCCCCCCCCCCCCCCCCOC(=O)CCCl. The van der Waals surface area contributed by atoms with Crippen molar-refractivity contribution in [2.45, 2.75) is 110 Å². The normalized spacial score (nSPS) is 10.9. The average Bonchev–Trinajstić information content (AvgIpc) is 2.54. The van der Waals surface area contributed by atoms with Crippen LogP contribution in [0.25, 0.3) is 0 Å². The number of hydrogen-bond donors (Lipinski definition) is 0. The molecule has 0 amide bonds. The molecule has 0 aliphatic heterocycles. The highest BCUT2D eigenvalue weighted by atomic mass is 35.5. The molecule has 0 radical (unpaired) electrons. The second kappa shape index (κ2) is 19.8. The van der Waals surface area contributed by atoms with Gasteiger partial charge in [0.15, 0.2) is 0 Å². The molecule has 0 aliphatic rings. The van der Waals surface area contributed by atoms with Crippen molar-refractivity contribution in [3.63, 3.8) is 0 Å². The lowest BCUT2D eigenvalue weighted by atomic mass is 10.0. The number of halogens is 1. The Bertz CT molecular complexity index is 244. The molecule has 138 valence electrons. The lowest BCUT2D eigenvalue weighted by Gasteiger charge is -2.04. The summed E-state index contributed by atoms with van der Waals surface area (Å²) < 4.78 is 5.07. The van der Waals surface area contributed by atoms with E-state index in [2.05, 4.69) is 6.92 Å². The molecule has 0 rings (SSSR count). The minimum Gasteiger partial charge on any atom is -0.466 e. The third-order valence-electron chi connectivity index (χ3n) is 4.31. The van der Waals surface area contributed by atoms with Gasteiger partial charge in [-0.1, -0.05) is 96.8 Å². The van der Waals surface area contributed by atoms with Crippen molar-refractivity contribution in [2.75, 3.05) is 12.5 Å². The van der Waals surface area contributed by atoms with Crippen molar-refractivity contribution < 1.29 is 9.53 Å².